The van der Waals surface area contributed by atoms with E-state index >= 15 is 0 Å². The summed E-state index contributed by atoms with van der Waals surface area (Å²) in [5, 5.41) is 57.1. The number of rotatable bonds is 4. The number of para-hydroxylation sites is 3. The minimum absolute atomic E-state index is 0.0159. The van der Waals surface area contributed by atoms with Crippen molar-refractivity contribution in [3.8, 4) is 23.0 Å². The van der Waals surface area contributed by atoms with Gasteiger partial charge in [0.05, 0.1) is 21.9 Å². The fourth-order valence-electron chi connectivity index (χ4n) is 2.05. The van der Waals surface area contributed by atoms with E-state index in [2.05, 4.69) is 4.74 Å². The third kappa shape index (κ3) is 7.47. The number of benzene rings is 3. The predicted molar refractivity (Wildman–Crippen MR) is 111 cm³/mol. The van der Waals surface area contributed by atoms with Gasteiger partial charge in [-0.2, -0.15) is 0 Å². The fourth-order valence-corrected chi connectivity index (χ4v) is 2.05. The number of non-ortho nitro benzene ring substituents is 1. The second-order valence-corrected chi connectivity index (χ2v) is 5.60. The highest BCUT2D eigenvalue weighted by atomic mass is 16.6. The van der Waals surface area contributed by atoms with Gasteiger partial charge < -0.3 is 20.1 Å². The molecule has 0 saturated heterocycles. The number of nitro benzene ring substituents is 3. The SMILES string of the molecule is COc1cccc(O)c1[N+](=O)[O-].O=[N+]([O-])c1ccc(O)cc1.O=[N+]([O-])c1ccccc1O. The number of aromatic hydroxyl groups is 3. The van der Waals surface area contributed by atoms with Gasteiger partial charge in [0.1, 0.15) is 5.75 Å². The number of hydrogen-bond donors (Lipinski definition) is 3. The Morgan fingerprint density at radius 1 is 0.688 bits per heavy atom. The van der Waals surface area contributed by atoms with Crippen LogP contribution in [0.1, 0.15) is 0 Å². The van der Waals surface area contributed by atoms with Crippen molar-refractivity contribution in [3.63, 3.8) is 0 Å². The average Bonchev–Trinajstić information content (AvgIpc) is 2.74. The van der Waals surface area contributed by atoms with E-state index in [1.807, 2.05) is 0 Å². The lowest BCUT2D eigenvalue weighted by molar-refractivity contribution is -0.386. The highest BCUT2D eigenvalue weighted by Crippen LogP contribution is 2.34. The highest BCUT2D eigenvalue weighted by molar-refractivity contribution is 5.56. The molecule has 0 fully saturated rings. The molecule has 0 aliphatic rings. The molecule has 0 saturated carbocycles. The van der Waals surface area contributed by atoms with Crippen molar-refractivity contribution in [1.82, 2.24) is 0 Å². The molecule has 3 aromatic carbocycles. The molecule has 13 heteroatoms. The Kier molecular flexibility index (Phi) is 9.35. The Bertz CT molecular complexity index is 1090. The van der Waals surface area contributed by atoms with Crippen LogP contribution < -0.4 is 4.74 Å². The van der Waals surface area contributed by atoms with E-state index in [1.165, 1.54) is 73.8 Å². The van der Waals surface area contributed by atoms with Crippen LogP contribution in [-0.2, 0) is 0 Å². The molecule has 168 valence electrons. The van der Waals surface area contributed by atoms with Gasteiger partial charge in [-0.15, -0.1) is 0 Å². The second kappa shape index (κ2) is 11.9. The number of ether oxygens (including phenoxy) is 1. The molecule has 32 heavy (non-hydrogen) atoms. The molecule has 0 heterocycles. The summed E-state index contributed by atoms with van der Waals surface area (Å²) in [4.78, 5) is 28.6. The second-order valence-electron chi connectivity index (χ2n) is 5.60. The molecule has 0 aliphatic carbocycles. The molecular formula is C19H17N3O10. The first-order chi connectivity index (χ1) is 15.1. The minimum Gasteiger partial charge on any atom is -0.508 e. The summed E-state index contributed by atoms with van der Waals surface area (Å²) < 4.78 is 4.69. The third-order valence-corrected chi connectivity index (χ3v) is 3.52. The molecular weight excluding hydrogens is 430 g/mol. The zero-order valence-electron chi connectivity index (χ0n) is 16.4. The summed E-state index contributed by atoms with van der Waals surface area (Å²) in [5.74, 6) is -0.600. The molecule has 3 aromatic rings. The Labute approximate surface area is 179 Å². The largest absolute Gasteiger partial charge is 0.508 e. The van der Waals surface area contributed by atoms with Crippen LogP contribution in [0.5, 0.6) is 23.0 Å². The Hall–Kier alpha value is -4.94. The van der Waals surface area contributed by atoms with Gasteiger partial charge in [0.15, 0.2) is 11.5 Å². The summed E-state index contributed by atoms with van der Waals surface area (Å²) in [7, 11) is 1.31. The van der Waals surface area contributed by atoms with Crippen molar-refractivity contribution >= 4 is 17.1 Å². The zero-order valence-corrected chi connectivity index (χ0v) is 16.4. The van der Waals surface area contributed by atoms with E-state index in [-0.39, 0.29) is 34.4 Å². The summed E-state index contributed by atoms with van der Waals surface area (Å²) in [6.07, 6.45) is 0. The maximum atomic E-state index is 10.4. The summed E-state index contributed by atoms with van der Waals surface area (Å²) in [5.41, 5.74) is -0.680. The highest BCUT2D eigenvalue weighted by Gasteiger charge is 2.19. The van der Waals surface area contributed by atoms with E-state index in [4.69, 9.17) is 15.3 Å². The quantitative estimate of drug-likeness (QED) is 0.389. The van der Waals surface area contributed by atoms with Crippen molar-refractivity contribution < 1.29 is 34.8 Å². The molecule has 0 amide bonds. The molecule has 3 rings (SSSR count). The predicted octanol–water partition coefficient (Wildman–Crippen LogP) is 3.91. The molecule has 3 N–H and O–H groups in total. The van der Waals surface area contributed by atoms with E-state index < -0.39 is 20.5 Å². The van der Waals surface area contributed by atoms with Gasteiger partial charge in [0.2, 0.25) is 5.75 Å². The van der Waals surface area contributed by atoms with Gasteiger partial charge in [-0.3, -0.25) is 30.3 Å². The van der Waals surface area contributed by atoms with Crippen LogP contribution in [0.4, 0.5) is 17.1 Å². The van der Waals surface area contributed by atoms with Crippen LogP contribution in [0.15, 0.2) is 66.7 Å². The van der Waals surface area contributed by atoms with Crippen molar-refractivity contribution in [2.24, 2.45) is 0 Å². The van der Waals surface area contributed by atoms with Crippen LogP contribution in [-0.4, -0.2) is 37.2 Å². The first-order valence-corrected chi connectivity index (χ1v) is 8.44. The van der Waals surface area contributed by atoms with Crippen molar-refractivity contribution in [2.75, 3.05) is 7.11 Å². The van der Waals surface area contributed by atoms with Crippen LogP contribution in [0.2, 0.25) is 0 Å². The molecule has 0 bridgehead atoms. The number of phenols is 3. The number of nitrogens with zero attached hydrogens (tertiary/aromatic N) is 3. The average molecular weight is 447 g/mol. The lowest BCUT2D eigenvalue weighted by Crippen LogP contribution is -1.93. The Balaban J connectivity index is 0.000000241. The molecule has 0 aliphatic heterocycles. The van der Waals surface area contributed by atoms with Crippen LogP contribution >= 0.6 is 0 Å². The molecule has 0 spiro atoms. The maximum absolute atomic E-state index is 10.4. The lowest BCUT2D eigenvalue weighted by atomic mass is 10.3. The van der Waals surface area contributed by atoms with E-state index in [0.29, 0.717) is 0 Å². The first-order valence-electron chi connectivity index (χ1n) is 8.44. The lowest BCUT2D eigenvalue weighted by Gasteiger charge is -2.01. The first kappa shape index (κ1) is 25.1. The number of hydrogen-bond acceptors (Lipinski definition) is 10. The van der Waals surface area contributed by atoms with Gasteiger partial charge in [-0.05, 0) is 30.3 Å². The van der Waals surface area contributed by atoms with Crippen molar-refractivity contribution in [3.05, 3.63) is 97.1 Å². The van der Waals surface area contributed by atoms with E-state index in [9.17, 15) is 30.3 Å². The maximum Gasteiger partial charge on any atom is 0.352 e. The van der Waals surface area contributed by atoms with Crippen molar-refractivity contribution in [2.45, 2.75) is 0 Å². The smallest absolute Gasteiger partial charge is 0.352 e. The molecule has 0 unspecified atom stereocenters. The molecule has 0 aromatic heterocycles. The van der Waals surface area contributed by atoms with Gasteiger partial charge in [0.25, 0.3) is 5.69 Å². The minimum atomic E-state index is -0.686. The van der Waals surface area contributed by atoms with Crippen molar-refractivity contribution in [1.29, 1.82) is 0 Å². The van der Waals surface area contributed by atoms with Gasteiger partial charge in [0, 0.05) is 18.2 Å². The van der Waals surface area contributed by atoms with E-state index in [0.717, 1.165) is 0 Å². The number of phenolic OH excluding ortho intramolecular Hbond substituents is 3. The van der Waals surface area contributed by atoms with Crippen LogP contribution in [0, 0.1) is 30.3 Å². The zero-order chi connectivity index (χ0) is 24.3. The summed E-state index contributed by atoms with van der Waals surface area (Å²) in [6.45, 7) is 0. The van der Waals surface area contributed by atoms with E-state index in [1.54, 1.807) is 0 Å². The standard InChI is InChI=1S/C7H7NO4.2C6H5NO3/c1-12-6-4-2-3-5(9)7(6)8(10)11;8-6-3-1-5(2-4-6)7(9)10;8-6-4-2-1-3-5(6)7(9)10/h2-4,9H,1H3;2*1-4,8H. The number of methoxy groups -OCH3 is 1. The fraction of sp³-hybridized carbons (Fsp3) is 0.0526. The van der Waals surface area contributed by atoms with Gasteiger partial charge >= 0.3 is 11.4 Å². The van der Waals surface area contributed by atoms with Crippen LogP contribution in [0.3, 0.4) is 0 Å². The summed E-state index contributed by atoms with van der Waals surface area (Å²) >= 11 is 0. The van der Waals surface area contributed by atoms with Gasteiger partial charge in [-0.1, -0.05) is 18.2 Å². The topological polar surface area (TPSA) is 199 Å². The molecule has 0 atom stereocenters. The normalized spacial score (nSPS) is 9.28. The Morgan fingerprint density at radius 3 is 1.66 bits per heavy atom. The molecule has 13 nitrogen and oxygen atoms in total. The third-order valence-electron chi connectivity index (χ3n) is 3.52. The monoisotopic (exact) mass is 447 g/mol. The Morgan fingerprint density at radius 2 is 1.25 bits per heavy atom. The molecule has 0 radical (unpaired) electrons. The van der Waals surface area contributed by atoms with Crippen LogP contribution in [0.25, 0.3) is 0 Å². The summed E-state index contributed by atoms with van der Waals surface area (Å²) in [6, 6.07) is 14.7. The number of nitro groups is 3. The van der Waals surface area contributed by atoms with Gasteiger partial charge in [-0.25, -0.2) is 0 Å².